The van der Waals surface area contributed by atoms with Gasteiger partial charge in [0.05, 0.1) is 22.2 Å². The van der Waals surface area contributed by atoms with Gasteiger partial charge in [-0.2, -0.15) is 0 Å². The number of rotatable bonds is 2. The molecule has 1 N–H and O–H groups in total. The SMILES string of the molecule is CC1(C)OB(c2ccc3[nH]c4c(ccc5c4ccn5-c4ccccc4)c3c2)OC1(C)C. The van der Waals surface area contributed by atoms with Crippen molar-refractivity contribution in [1.82, 2.24) is 9.55 Å². The highest BCUT2D eigenvalue weighted by molar-refractivity contribution is 6.62. The van der Waals surface area contributed by atoms with Gasteiger partial charge in [0.2, 0.25) is 0 Å². The van der Waals surface area contributed by atoms with Gasteiger partial charge < -0.3 is 18.9 Å². The minimum Gasteiger partial charge on any atom is -0.399 e. The largest absolute Gasteiger partial charge is 0.494 e. The quantitative estimate of drug-likeness (QED) is 0.388. The van der Waals surface area contributed by atoms with Crippen molar-refractivity contribution in [3.8, 4) is 5.69 Å². The molecule has 1 aliphatic rings. The highest BCUT2D eigenvalue weighted by Crippen LogP contribution is 2.37. The Morgan fingerprint density at radius 3 is 2.26 bits per heavy atom. The van der Waals surface area contributed by atoms with Gasteiger partial charge in [-0.05, 0) is 63.5 Å². The first-order valence-electron chi connectivity index (χ1n) is 10.8. The molecule has 0 unspecified atom stereocenters. The van der Waals surface area contributed by atoms with Gasteiger partial charge in [0.15, 0.2) is 0 Å². The topological polar surface area (TPSA) is 39.2 Å². The summed E-state index contributed by atoms with van der Waals surface area (Å²) in [5, 5.41) is 3.62. The normalized spacial score (nSPS) is 17.9. The molecule has 0 atom stereocenters. The van der Waals surface area contributed by atoms with Crippen LogP contribution in [0.2, 0.25) is 0 Å². The molecule has 0 radical (unpaired) electrons. The number of hydrogen-bond acceptors (Lipinski definition) is 2. The lowest BCUT2D eigenvalue weighted by molar-refractivity contribution is 0.00578. The van der Waals surface area contributed by atoms with E-state index in [9.17, 15) is 0 Å². The van der Waals surface area contributed by atoms with E-state index in [-0.39, 0.29) is 18.3 Å². The Morgan fingerprint density at radius 2 is 1.52 bits per heavy atom. The fraction of sp³-hybridized carbons (Fsp3) is 0.231. The van der Waals surface area contributed by atoms with Gasteiger partial charge in [-0.15, -0.1) is 0 Å². The van der Waals surface area contributed by atoms with Crippen molar-refractivity contribution >= 4 is 45.3 Å². The summed E-state index contributed by atoms with van der Waals surface area (Å²) in [6, 6.07) is 23.5. The van der Waals surface area contributed by atoms with Gasteiger partial charge in [0, 0.05) is 33.6 Å². The van der Waals surface area contributed by atoms with Crippen LogP contribution in [0.5, 0.6) is 0 Å². The second-order valence-corrected chi connectivity index (χ2v) is 9.46. The first kappa shape index (κ1) is 18.7. The van der Waals surface area contributed by atoms with Gasteiger partial charge in [0.1, 0.15) is 0 Å². The van der Waals surface area contributed by atoms with E-state index < -0.39 is 0 Å². The van der Waals surface area contributed by atoms with E-state index in [4.69, 9.17) is 9.31 Å². The van der Waals surface area contributed by atoms with Gasteiger partial charge in [-0.1, -0.05) is 36.4 Å². The summed E-state index contributed by atoms with van der Waals surface area (Å²) in [5.74, 6) is 0. The molecule has 5 heteroatoms. The Hall–Kier alpha value is -3.02. The van der Waals surface area contributed by atoms with E-state index in [0.29, 0.717) is 0 Å². The molecule has 154 valence electrons. The Morgan fingerprint density at radius 1 is 0.774 bits per heavy atom. The molecule has 0 saturated carbocycles. The van der Waals surface area contributed by atoms with E-state index in [1.54, 1.807) is 0 Å². The maximum absolute atomic E-state index is 6.27. The number of nitrogens with zero attached hydrogens (tertiary/aromatic N) is 1. The van der Waals surface area contributed by atoms with Gasteiger partial charge in [0.25, 0.3) is 0 Å². The summed E-state index contributed by atoms with van der Waals surface area (Å²) in [7, 11) is -0.359. The first-order valence-corrected chi connectivity index (χ1v) is 10.8. The van der Waals surface area contributed by atoms with Gasteiger partial charge in [-0.25, -0.2) is 0 Å². The van der Waals surface area contributed by atoms with Crippen LogP contribution in [0.3, 0.4) is 0 Å². The summed E-state index contributed by atoms with van der Waals surface area (Å²) in [4.78, 5) is 3.64. The van der Waals surface area contributed by atoms with Crippen LogP contribution in [0.1, 0.15) is 27.7 Å². The third kappa shape index (κ3) is 2.70. The first-order chi connectivity index (χ1) is 14.8. The van der Waals surface area contributed by atoms with Crippen LogP contribution < -0.4 is 5.46 Å². The molecule has 4 nitrogen and oxygen atoms in total. The van der Waals surface area contributed by atoms with E-state index in [1.165, 1.54) is 21.7 Å². The molecule has 6 rings (SSSR count). The minimum absolute atomic E-state index is 0.348. The smallest absolute Gasteiger partial charge is 0.399 e. The van der Waals surface area contributed by atoms with Crippen molar-refractivity contribution < 1.29 is 9.31 Å². The van der Waals surface area contributed by atoms with Crippen LogP contribution in [0.15, 0.2) is 72.9 Å². The Bertz CT molecular complexity index is 1430. The molecule has 3 aromatic carbocycles. The number of aromatic nitrogens is 2. The van der Waals surface area contributed by atoms with Crippen LogP contribution in [0, 0.1) is 0 Å². The lowest BCUT2D eigenvalue weighted by atomic mass is 9.78. The van der Waals surface area contributed by atoms with E-state index in [0.717, 1.165) is 22.2 Å². The molecular formula is C26H25BN2O2. The molecule has 1 aliphatic heterocycles. The summed E-state index contributed by atoms with van der Waals surface area (Å²) in [6.45, 7) is 8.35. The molecule has 5 aromatic rings. The molecule has 0 spiro atoms. The number of aromatic amines is 1. The third-order valence-corrected chi connectivity index (χ3v) is 7.03. The highest BCUT2D eigenvalue weighted by atomic mass is 16.7. The molecule has 2 aromatic heterocycles. The fourth-order valence-electron chi connectivity index (χ4n) is 4.54. The fourth-order valence-corrected chi connectivity index (χ4v) is 4.54. The molecule has 0 bridgehead atoms. The lowest BCUT2D eigenvalue weighted by Gasteiger charge is -2.32. The summed E-state index contributed by atoms with van der Waals surface area (Å²) < 4.78 is 14.8. The van der Waals surface area contributed by atoms with Crippen molar-refractivity contribution in [2.24, 2.45) is 0 Å². The van der Waals surface area contributed by atoms with Crippen molar-refractivity contribution in [2.45, 2.75) is 38.9 Å². The Kier molecular flexibility index (Phi) is 3.78. The van der Waals surface area contributed by atoms with E-state index in [2.05, 4.69) is 104 Å². The summed E-state index contributed by atoms with van der Waals surface area (Å²) in [5.41, 5.74) is 4.99. The highest BCUT2D eigenvalue weighted by Gasteiger charge is 2.51. The van der Waals surface area contributed by atoms with Crippen LogP contribution in [-0.2, 0) is 9.31 Å². The van der Waals surface area contributed by atoms with Crippen molar-refractivity contribution in [1.29, 1.82) is 0 Å². The second-order valence-electron chi connectivity index (χ2n) is 9.46. The Balaban J connectivity index is 1.49. The Labute approximate surface area is 181 Å². The maximum atomic E-state index is 6.27. The van der Waals surface area contributed by atoms with Crippen LogP contribution in [0.25, 0.3) is 38.4 Å². The molecule has 0 aliphatic carbocycles. The summed E-state index contributed by atoms with van der Waals surface area (Å²) >= 11 is 0. The van der Waals surface area contributed by atoms with Crippen LogP contribution >= 0.6 is 0 Å². The maximum Gasteiger partial charge on any atom is 0.494 e. The number of nitrogens with one attached hydrogen (secondary N) is 1. The number of hydrogen-bond donors (Lipinski definition) is 1. The zero-order valence-electron chi connectivity index (χ0n) is 18.3. The molecule has 3 heterocycles. The standard InChI is InChI=1S/C26H25BN2O2/c1-25(2)26(3,4)31-27(30-25)17-10-12-22-21(16-17)19-11-13-23-20(24(19)28-22)14-15-29(23)18-8-6-5-7-9-18/h5-16,28H,1-4H3. The second kappa shape index (κ2) is 6.25. The monoisotopic (exact) mass is 408 g/mol. The zero-order valence-corrected chi connectivity index (χ0v) is 18.3. The van der Waals surface area contributed by atoms with Crippen molar-refractivity contribution in [3.05, 3.63) is 72.9 Å². The molecule has 31 heavy (non-hydrogen) atoms. The van der Waals surface area contributed by atoms with Gasteiger partial charge >= 0.3 is 7.12 Å². The number of H-pyrrole nitrogens is 1. The minimum atomic E-state index is -0.359. The predicted molar refractivity (Wildman–Crippen MR) is 128 cm³/mol. The average Bonchev–Trinajstić information content (AvgIpc) is 3.39. The van der Waals surface area contributed by atoms with Crippen molar-refractivity contribution in [2.75, 3.05) is 0 Å². The molecule has 1 saturated heterocycles. The van der Waals surface area contributed by atoms with Gasteiger partial charge in [-0.3, -0.25) is 0 Å². The molecule has 1 fully saturated rings. The zero-order chi connectivity index (χ0) is 21.4. The van der Waals surface area contributed by atoms with E-state index in [1.807, 2.05) is 6.07 Å². The average molecular weight is 408 g/mol. The third-order valence-electron chi connectivity index (χ3n) is 7.03. The predicted octanol–water partition coefficient (Wildman–Crippen LogP) is 5.56. The lowest BCUT2D eigenvalue weighted by Crippen LogP contribution is -2.41. The number of benzene rings is 3. The molecular weight excluding hydrogens is 383 g/mol. The van der Waals surface area contributed by atoms with Crippen molar-refractivity contribution in [3.63, 3.8) is 0 Å². The van der Waals surface area contributed by atoms with E-state index >= 15 is 0 Å². The number of para-hydroxylation sites is 1. The number of fused-ring (bicyclic) bond motifs is 5. The van der Waals surface area contributed by atoms with Crippen LogP contribution in [-0.4, -0.2) is 27.9 Å². The summed E-state index contributed by atoms with van der Waals surface area (Å²) in [6.07, 6.45) is 2.14. The molecule has 0 amide bonds. The van der Waals surface area contributed by atoms with Crippen LogP contribution in [0.4, 0.5) is 0 Å².